The first-order valence-corrected chi connectivity index (χ1v) is 19.0. The first-order valence-electron chi connectivity index (χ1n) is 15.8. The molecule has 0 saturated carbocycles. The van der Waals surface area contributed by atoms with Gasteiger partial charge in [-0.2, -0.15) is 0 Å². The van der Waals surface area contributed by atoms with Crippen LogP contribution in [0, 0.1) is 5.92 Å². The zero-order valence-electron chi connectivity index (χ0n) is 27.8. The fourth-order valence-electron chi connectivity index (χ4n) is 6.95. The topological polar surface area (TPSA) is 146 Å². The number of phenols is 1. The van der Waals surface area contributed by atoms with E-state index in [1.807, 2.05) is 0 Å². The molecule has 5 rings (SSSR count). The summed E-state index contributed by atoms with van der Waals surface area (Å²) in [6.07, 6.45) is -0.871. The van der Waals surface area contributed by atoms with E-state index in [-0.39, 0.29) is 48.4 Å². The molecule has 0 bridgehead atoms. The van der Waals surface area contributed by atoms with Gasteiger partial charge in [-0.1, -0.05) is 39.9 Å². The van der Waals surface area contributed by atoms with Gasteiger partial charge in [0.05, 0.1) is 43.5 Å². The summed E-state index contributed by atoms with van der Waals surface area (Å²) in [4.78, 5) is 57.7. The normalized spacial score (nSPS) is 17.3. The molecule has 2 N–H and O–H groups in total. The highest BCUT2D eigenvalue weighted by Gasteiger charge is 2.50. The summed E-state index contributed by atoms with van der Waals surface area (Å²) in [6.45, 7) is 15.9. The van der Waals surface area contributed by atoms with Crippen LogP contribution in [0.5, 0.6) is 5.75 Å². The van der Waals surface area contributed by atoms with Crippen LogP contribution in [0.2, 0.25) is 19.1 Å². The Morgan fingerprint density at radius 3 is 2.54 bits per heavy atom. The number of phenolic OH excluding ortho intramolecular Hbond substituents is 1. The van der Waals surface area contributed by atoms with Crippen LogP contribution in [0.3, 0.4) is 0 Å². The Balaban J connectivity index is 1.58. The summed E-state index contributed by atoms with van der Waals surface area (Å²) in [5.41, 5.74) is 0.500. The SMILES string of the molecule is CCC1(OC(=O)CCNC(=O)OC(C)(C)C)C(=O)OCc2c1cc1n(c2=O)Cc2c-1nc1ccc(O)cc1c2[Si](C)(C)CC(C)C. The van der Waals surface area contributed by atoms with Crippen LogP contribution < -0.4 is 16.1 Å². The molecule has 3 aromatic rings. The maximum absolute atomic E-state index is 14.1. The first kappa shape index (κ1) is 33.2. The molecular weight excluding hydrogens is 606 g/mol. The minimum absolute atomic E-state index is 0.0316. The molecule has 0 aliphatic carbocycles. The first-order chi connectivity index (χ1) is 21.5. The van der Waals surface area contributed by atoms with Crippen molar-refractivity contribution in [1.29, 1.82) is 0 Å². The van der Waals surface area contributed by atoms with E-state index in [2.05, 4.69) is 32.3 Å². The molecule has 1 unspecified atom stereocenters. The van der Waals surface area contributed by atoms with Gasteiger partial charge in [0.1, 0.15) is 18.0 Å². The summed E-state index contributed by atoms with van der Waals surface area (Å²) >= 11 is 0. The minimum Gasteiger partial charge on any atom is -0.508 e. The second-order valence-corrected chi connectivity index (χ2v) is 18.9. The second kappa shape index (κ2) is 11.9. The highest BCUT2D eigenvalue weighted by atomic mass is 28.3. The summed E-state index contributed by atoms with van der Waals surface area (Å²) in [6, 6.07) is 7.89. The average Bonchev–Trinajstić information content (AvgIpc) is 3.29. The number of carbonyl (C=O) groups excluding carboxylic acids is 3. The Kier molecular flexibility index (Phi) is 8.56. The van der Waals surface area contributed by atoms with Gasteiger partial charge < -0.3 is 29.2 Å². The predicted octanol–water partition coefficient (Wildman–Crippen LogP) is 4.82. The van der Waals surface area contributed by atoms with Crippen molar-refractivity contribution < 1.29 is 33.7 Å². The highest BCUT2D eigenvalue weighted by molar-refractivity contribution is 6.92. The molecule has 1 aromatic carbocycles. The van der Waals surface area contributed by atoms with Crippen molar-refractivity contribution in [2.45, 2.75) is 97.9 Å². The Hall–Kier alpha value is -4.19. The van der Waals surface area contributed by atoms with E-state index < -0.39 is 37.3 Å². The molecular formula is C34H43N3O8Si. The average molecular weight is 650 g/mol. The van der Waals surface area contributed by atoms with Gasteiger partial charge in [-0.25, -0.2) is 14.6 Å². The molecule has 46 heavy (non-hydrogen) atoms. The number of rotatable bonds is 8. The summed E-state index contributed by atoms with van der Waals surface area (Å²) in [7, 11) is -2.13. The number of esters is 2. The number of aromatic hydroxyl groups is 1. The van der Waals surface area contributed by atoms with E-state index in [1.54, 1.807) is 56.5 Å². The van der Waals surface area contributed by atoms with E-state index in [0.717, 1.165) is 22.2 Å². The monoisotopic (exact) mass is 649 g/mol. The van der Waals surface area contributed by atoms with E-state index in [9.17, 15) is 24.3 Å². The van der Waals surface area contributed by atoms with Gasteiger partial charge in [-0.15, -0.1) is 0 Å². The predicted molar refractivity (Wildman–Crippen MR) is 176 cm³/mol. The fraction of sp³-hybridized carbons (Fsp3) is 0.500. The van der Waals surface area contributed by atoms with Crippen LogP contribution in [-0.4, -0.2) is 52.9 Å². The van der Waals surface area contributed by atoms with Crippen molar-refractivity contribution in [3.05, 3.63) is 51.3 Å². The van der Waals surface area contributed by atoms with Crippen LogP contribution in [-0.2, 0) is 42.6 Å². The maximum atomic E-state index is 14.1. The lowest BCUT2D eigenvalue weighted by Gasteiger charge is -2.35. The molecule has 0 saturated heterocycles. The summed E-state index contributed by atoms with van der Waals surface area (Å²) in [5.74, 6) is -0.901. The fourth-order valence-corrected chi connectivity index (χ4v) is 11.1. The molecule has 246 valence electrons. The number of hydrogen-bond acceptors (Lipinski definition) is 9. The lowest BCUT2D eigenvalue weighted by atomic mass is 9.85. The van der Waals surface area contributed by atoms with Crippen LogP contribution in [0.4, 0.5) is 4.79 Å². The summed E-state index contributed by atoms with van der Waals surface area (Å²) in [5, 5.41) is 15.0. The number of nitrogens with zero attached hydrogens (tertiary/aromatic N) is 2. The molecule has 0 radical (unpaired) electrons. The number of pyridine rings is 2. The van der Waals surface area contributed by atoms with E-state index in [1.165, 1.54) is 0 Å². The van der Waals surface area contributed by atoms with Crippen molar-refractivity contribution in [3.63, 3.8) is 0 Å². The molecule has 2 aliphatic heterocycles. The molecule has 1 amide bonds. The maximum Gasteiger partial charge on any atom is 0.407 e. The molecule has 2 aromatic heterocycles. The number of fused-ring (bicyclic) bond motifs is 5. The third-order valence-corrected chi connectivity index (χ3v) is 12.3. The summed E-state index contributed by atoms with van der Waals surface area (Å²) < 4.78 is 18.2. The third kappa shape index (κ3) is 6.02. The van der Waals surface area contributed by atoms with Crippen LogP contribution >= 0.6 is 0 Å². The Morgan fingerprint density at radius 1 is 1.17 bits per heavy atom. The largest absolute Gasteiger partial charge is 0.508 e. The van der Waals surface area contributed by atoms with E-state index >= 15 is 0 Å². The van der Waals surface area contributed by atoms with Crippen molar-refractivity contribution in [2.24, 2.45) is 5.92 Å². The molecule has 4 heterocycles. The van der Waals surface area contributed by atoms with Gasteiger partial charge in [0.2, 0.25) is 5.60 Å². The molecule has 0 fully saturated rings. The van der Waals surface area contributed by atoms with E-state index in [0.29, 0.717) is 29.4 Å². The number of benzene rings is 1. The lowest BCUT2D eigenvalue weighted by Crippen LogP contribution is -2.48. The van der Waals surface area contributed by atoms with Crippen LogP contribution in [0.1, 0.15) is 71.1 Å². The zero-order valence-corrected chi connectivity index (χ0v) is 28.8. The number of nitrogens with one attached hydrogen (secondary N) is 1. The smallest absolute Gasteiger partial charge is 0.407 e. The van der Waals surface area contributed by atoms with Crippen molar-refractivity contribution >= 4 is 42.2 Å². The quantitative estimate of drug-likeness (QED) is 0.156. The van der Waals surface area contributed by atoms with Gasteiger partial charge in [-0.05, 0) is 68.1 Å². The minimum atomic E-state index is -2.13. The van der Waals surface area contributed by atoms with Crippen LogP contribution in [0.25, 0.3) is 22.3 Å². The van der Waals surface area contributed by atoms with Gasteiger partial charge in [-0.3, -0.25) is 9.59 Å². The molecule has 11 nitrogen and oxygen atoms in total. The van der Waals surface area contributed by atoms with Gasteiger partial charge in [0.15, 0.2) is 0 Å². The molecule has 1 atom stereocenters. The number of ether oxygens (including phenoxy) is 3. The van der Waals surface area contributed by atoms with Gasteiger partial charge in [0.25, 0.3) is 5.56 Å². The number of alkyl carbamates (subject to hydrolysis) is 1. The third-order valence-electron chi connectivity index (χ3n) is 8.52. The van der Waals surface area contributed by atoms with Crippen molar-refractivity contribution in [3.8, 4) is 17.1 Å². The number of hydrogen-bond donors (Lipinski definition) is 2. The Labute approximate surface area is 269 Å². The standard InChI is InChI=1S/C34H43N3O8Si/c1-9-34(44-27(39)12-13-35-32(42)45-33(4,5)6)24-15-26-28-22(16-37(26)30(40)23(24)17-43-31(34)41)29(46(7,8)18-19(2)3)21-14-20(38)10-11-25(21)36-28/h10-11,14-15,19,38H,9,12-13,16-18H2,1-8H3,(H,35,42). The number of aromatic nitrogens is 2. The Bertz CT molecular complexity index is 1810. The number of cyclic esters (lactones) is 1. The van der Waals surface area contributed by atoms with Gasteiger partial charge in [0, 0.05) is 17.5 Å². The zero-order chi connectivity index (χ0) is 33.8. The Morgan fingerprint density at radius 2 is 1.89 bits per heavy atom. The van der Waals surface area contributed by atoms with Crippen molar-refractivity contribution in [1.82, 2.24) is 14.9 Å². The van der Waals surface area contributed by atoms with Gasteiger partial charge >= 0.3 is 18.0 Å². The van der Waals surface area contributed by atoms with E-state index in [4.69, 9.17) is 19.2 Å². The number of amides is 1. The van der Waals surface area contributed by atoms with Crippen molar-refractivity contribution in [2.75, 3.05) is 6.54 Å². The molecule has 12 heteroatoms. The number of carbonyl (C=O) groups is 3. The molecule has 0 spiro atoms. The molecule has 2 aliphatic rings. The second-order valence-electron chi connectivity index (χ2n) is 14.2. The lowest BCUT2D eigenvalue weighted by molar-refractivity contribution is -0.189. The highest BCUT2D eigenvalue weighted by Crippen LogP contribution is 2.41. The van der Waals surface area contributed by atoms with Crippen LogP contribution in [0.15, 0.2) is 29.1 Å².